The van der Waals surface area contributed by atoms with Gasteiger partial charge in [0.2, 0.25) is 0 Å². The number of aromatic hydroxyl groups is 1. The Kier molecular flexibility index (Phi) is 10.5. The molecule has 0 radical (unpaired) electrons. The van der Waals surface area contributed by atoms with Crippen LogP contribution in [0.15, 0.2) is 54.7 Å². The molecule has 1 saturated carbocycles. The summed E-state index contributed by atoms with van der Waals surface area (Å²) in [7, 11) is 0. The van der Waals surface area contributed by atoms with E-state index in [4.69, 9.17) is 5.11 Å². The fraction of sp³-hybridized carbons (Fsp3) is 0.533. The molecule has 32 heavy (non-hydrogen) atoms. The third-order valence-electron chi connectivity index (χ3n) is 6.32. The molecule has 1 heterocycles. The molecule has 1 aromatic heterocycles. The first-order valence-corrected chi connectivity index (χ1v) is 11.9. The highest BCUT2D eigenvalue weighted by atomic mass is 16.3. The second-order valence-corrected chi connectivity index (χ2v) is 10.9. The summed E-state index contributed by atoms with van der Waals surface area (Å²) >= 11 is 0. The quantitative estimate of drug-likeness (QED) is 0.391. The number of rotatable bonds is 1. The summed E-state index contributed by atoms with van der Waals surface area (Å²) in [5.74, 6) is 1.35. The van der Waals surface area contributed by atoms with Gasteiger partial charge in [-0.05, 0) is 65.3 Å². The van der Waals surface area contributed by atoms with Crippen molar-refractivity contribution in [3.05, 3.63) is 65.9 Å². The molecule has 0 spiro atoms. The summed E-state index contributed by atoms with van der Waals surface area (Å²) in [6.45, 7) is 15.9. The predicted molar refractivity (Wildman–Crippen MR) is 143 cm³/mol. The van der Waals surface area contributed by atoms with Gasteiger partial charge < -0.3 is 10.1 Å². The smallest absolute Gasteiger partial charge is 0.115 e. The second-order valence-electron chi connectivity index (χ2n) is 10.9. The van der Waals surface area contributed by atoms with Gasteiger partial charge in [0.05, 0.1) is 0 Å². The van der Waals surface area contributed by atoms with Gasteiger partial charge in [-0.1, -0.05) is 99.1 Å². The molecule has 0 saturated heterocycles. The van der Waals surface area contributed by atoms with Crippen LogP contribution >= 0.6 is 0 Å². The molecule has 178 valence electrons. The zero-order valence-corrected chi connectivity index (χ0v) is 20.8. The molecule has 0 bridgehead atoms. The maximum atomic E-state index is 8.85. The molecule has 2 heteroatoms. The fourth-order valence-corrected chi connectivity index (χ4v) is 4.22. The van der Waals surface area contributed by atoms with E-state index < -0.39 is 0 Å². The van der Waals surface area contributed by atoms with Gasteiger partial charge in [-0.15, -0.1) is 0 Å². The monoisotopic (exact) mass is 437 g/mol. The highest BCUT2D eigenvalue weighted by Gasteiger charge is 2.26. The van der Waals surface area contributed by atoms with Crippen LogP contribution < -0.4 is 0 Å². The molecular weight excluding hydrogens is 390 g/mol. The maximum absolute atomic E-state index is 8.85. The van der Waals surface area contributed by atoms with E-state index in [0.717, 1.165) is 12.3 Å². The lowest BCUT2D eigenvalue weighted by molar-refractivity contribution is 0.246. The van der Waals surface area contributed by atoms with Crippen molar-refractivity contribution in [2.24, 2.45) is 11.3 Å². The van der Waals surface area contributed by atoms with Crippen LogP contribution in [0.25, 0.3) is 10.9 Å². The normalized spacial score (nSPS) is 14.1. The highest BCUT2D eigenvalue weighted by Crippen LogP contribution is 2.38. The molecule has 3 aromatic rings. The van der Waals surface area contributed by atoms with E-state index in [9.17, 15) is 0 Å². The zero-order valence-electron chi connectivity index (χ0n) is 20.8. The molecule has 0 aliphatic heterocycles. The number of para-hydroxylation sites is 1. The summed E-state index contributed by atoms with van der Waals surface area (Å²) in [5, 5.41) is 10.2. The van der Waals surface area contributed by atoms with Gasteiger partial charge in [-0.2, -0.15) is 0 Å². The second kappa shape index (κ2) is 12.1. The van der Waals surface area contributed by atoms with Crippen molar-refractivity contribution in [3.63, 3.8) is 0 Å². The maximum Gasteiger partial charge on any atom is 0.115 e. The zero-order chi connectivity index (χ0) is 23.1. The molecule has 0 amide bonds. The molecule has 2 aromatic carbocycles. The number of fused-ring (bicyclic) bond motifs is 1. The van der Waals surface area contributed by atoms with Gasteiger partial charge >= 0.3 is 0 Å². The Bertz CT molecular complexity index is 900. The van der Waals surface area contributed by atoms with Crippen molar-refractivity contribution in [1.82, 2.24) is 4.98 Å². The Morgan fingerprint density at radius 2 is 1.44 bits per heavy atom. The molecule has 1 fully saturated rings. The number of hydrogen-bond acceptors (Lipinski definition) is 1. The Hall–Kier alpha value is -2.22. The number of aryl methyl sites for hydroxylation is 1. The lowest BCUT2D eigenvalue weighted by Gasteiger charge is -2.26. The van der Waals surface area contributed by atoms with E-state index in [1.807, 2.05) is 12.1 Å². The van der Waals surface area contributed by atoms with Crippen molar-refractivity contribution < 1.29 is 5.11 Å². The molecule has 0 atom stereocenters. The first-order chi connectivity index (χ1) is 14.5. The van der Waals surface area contributed by atoms with Gasteiger partial charge in [-0.25, -0.2) is 0 Å². The number of aromatic amines is 1. The first kappa shape index (κ1) is 27.8. The number of H-pyrrole nitrogens is 1. The van der Waals surface area contributed by atoms with Crippen LogP contribution in [0, 0.1) is 11.3 Å². The van der Waals surface area contributed by atoms with Crippen LogP contribution in [0.5, 0.6) is 5.75 Å². The van der Waals surface area contributed by atoms with Crippen LogP contribution in [0.4, 0.5) is 0 Å². The third kappa shape index (κ3) is 8.37. The van der Waals surface area contributed by atoms with Gasteiger partial charge in [-0.3, -0.25) is 0 Å². The topological polar surface area (TPSA) is 36.0 Å². The number of benzene rings is 2. The summed E-state index contributed by atoms with van der Waals surface area (Å²) in [5.41, 5.74) is 4.68. The molecule has 2 nitrogen and oxygen atoms in total. The van der Waals surface area contributed by atoms with Crippen LogP contribution in [0.1, 0.15) is 92.7 Å². The average molecular weight is 438 g/mol. The summed E-state index contributed by atoms with van der Waals surface area (Å²) in [6.07, 6.45) is 9.04. The average Bonchev–Trinajstić information content (AvgIpc) is 3.39. The lowest BCUT2D eigenvalue weighted by Crippen LogP contribution is -2.16. The van der Waals surface area contributed by atoms with Crippen molar-refractivity contribution in [2.75, 3.05) is 0 Å². The summed E-state index contributed by atoms with van der Waals surface area (Å²) < 4.78 is 0. The lowest BCUT2D eigenvalue weighted by atomic mass is 9.80. The van der Waals surface area contributed by atoms with Crippen LogP contribution in [0.3, 0.4) is 0 Å². The van der Waals surface area contributed by atoms with Crippen molar-refractivity contribution in [2.45, 2.75) is 93.4 Å². The third-order valence-corrected chi connectivity index (χ3v) is 6.32. The predicted octanol–water partition coefficient (Wildman–Crippen LogP) is 9.28. The Morgan fingerprint density at radius 3 is 1.91 bits per heavy atom. The highest BCUT2D eigenvalue weighted by molar-refractivity contribution is 5.84. The summed E-state index contributed by atoms with van der Waals surface area (Å²) in [6, 6.07) is 15.7. The number of nitrogens with one attached hydrogen (secondary N) is 1. The van der Waals surface area contributed by atoms with E-state index in [1.54, 1.807) is 12.1 Å². The van der Waals surface area contributed by atoms with Gasteiger partial charge in [0.15, 0.2) is 0 Å². The minimum absolute atomic E-state index is 0. The minimum Gasteiger partial charge on any atom is -0.508 e. The number of phenolic OH excluding ortho intramolecular Hbond substituents is 1. The largest absolute Gasteiger partial charge is 0.508 e. The van der Waals surface area contributed by atoms with Crippen LogP contribution in [-0.4, -0.2) is 10.1 Å². The molecule has 2 N–H and O–H groups in total. The van der Waals surface area contributed by atoms with E-state index in [0.29, 0.717) is 11.2 Å². The Balaban J connectivity index is 0.000000243. The van der Waals surface area contributed by atoms with Gasteiger partial charge in [0.25, 0.3) is 0 Å². The van der Waals surface area contributed by atoms with E-state index in [1.165, 1.54) is 47.7 Å². The number of aromatic nitrogens is 1. The van der Waals surface area contributed by atoms with Crippen molar-refractivity contribution >= 4 is 10.9 Å². The molecule has 1 aliphatic rings. The number of hydrogen-bond donors (Lipinski definition) is 2. The van der Waals surface area contributed by atoms with Crippen molar-refractivity contribution in [3.8, 4) is 5.75 Å². The fourth-order valence-electron chi connectivity index (χ4n) is 4.22. The first-order valence-electron chi connectivity index (χ1n) is 11.9. The molecule has 4 rings (SSSR count). The number of phenols is 1. The Morgan fingerprint density at radius 1 is 0.875 bits per heavy atom. The molecule has 0 unspecified atom stereocenters. The van der Waals surface area contributed by atoms with E-state index in [-0.39, 0.29) is 12.8 Å². The standard InChI is InChI=1S/C12H15N.C9H18.C8H10O.CH4/c1-12(2,3)10-8-13-11-7-5-4-6-9(10)11;1-9(2,3)8-6-4-5-7-8;1-2-7-3-5-8(9)6-4-7;/h4-8,13H,1-3H3;8H,4-7H2,1-3H3;3-6,9H,2H2,1H3;1H4. The molecular formula is C30H47NO. The van der Waals surface area contributed by atoms with Crippen molar-refractivity contribution in [1.29, 1.82) is 0 Å². The van der Waals surface area contributed by atoms with Gasteiger partial charge in [0, 0.05) is 17.1 Å². The minimum atomic E-state index is 0. The SMILES string of the molecule is C.CC(C)(C)C1CCCC1.CC(C)(C)c1c[nH]c2ccccc12.CCc1ccc(O)cc1. The summed E-state index contributed by atoms with van der Waals surface area (Å²) in [4.78, 5) is 3.29. The van der Waals surface area contributed by atoms with Crippen LogP contribution in [-0.2, 0) is 11.8 Å². The van der Waals surface area contributed by atoms with Crippen LogP contribution in [0.2, 0.25) is 0 Å². The Labute approximate surface area is 197 Å². The van der Waals surface area contributed by atoms with E-state index in [2.05, 4.69) is 83.9 Å². The van der Waals surface area contributed by atoms with Gasteiger partial charge in [0.1, 0.15) is 5.75 Å². The molecule has 1 aliphatic carbocycles. The van der Waals surface area contributed by atoms with E-state index >= 15 is 0 Å².